The van der Waals surface area contributed by atoms with E-state index in [0.29, 0.717) is 26.1 Å². The fourth-order valence-corrected chi connectivity index (χ4v) is 5.26. The molecule has 1 aliphatic heterocycles. The first-order valence-corrected chi connectivity index (χ1v) is 14.5. The molecule has 5 N–H and O–H groups in total. The van der Waals surface area contributed by atoms with E-state index in [1.165, 1.54) is 49.8 Å². The predicted octanol–water partition coefficient (Wildman–Crippen LogP) is 3.76. The first kappa shape index (κ1) is 33.1. The molecule has 0 spiro atoms. The highest BCUT2D eigenvalue weighted by atomic mass is 19.1. The van der Waals surface area contributed by atoms with E-state index in [2.05, 4.69) is 0 Å². The van der Waals surface area contributed by atoms with Crippen LogP contribution in [0, 0.1) is 17.2 Å². The fraction of sp³-hybridized carbons (Fsp3) is 0.800. The molecular formula is C30H51FO7. The van der Waals surface area contributed by atoms with Crippen molar-refractivity contribution in [1.29, 1.82) is 0 Å². The predicted molar refractivity (Wildman–Crippen MR) is 145 cm³/mol. The maximum absolute atomic E-state index is 13.0. The number of aliphatic hydroxyl groups excluding tert-OH is 5. The van der Waals surface area contributed by atoms with Gasteiger partial charge in [-0.15, -0.1) is 0 Å². The lowest BCUT2D eigenvalue weighted by atomic mass is 9.72. The number of aliphatic hydroxyl groups is 5. The number of ether oxygens (including phenoxy) is 2. The van der Waals surface area contributed by atoms with Crippen molar-refractivity contribution in [3.63, 3.8) is 0 Å². The standard InChI is InChI=1S/C30H51FO7/c1-2-26(33)29(36)24(19-37-20-28(35)27(34)18-32)17-30(21-38-22-30)16-10-8-6-4-3-5-7-9-11-23-12-14-25(31)15-13-23/h12-15,24,26-29,32-36H,2-11,16-22H2,1H3/t24-,26+,27-,28-,29-/m0/s1. The highest BCUT2D eigenvalue weighted by Gasteiger charge is 2.42. The average Bonchev–Trinajstić information content (AvgIpc) is 2.91. The molecule has 1 fully saturated rings. The second-order valence-electron chi connectivity index (χ2n) is 11.2. The number of halogens is 1. The number of hydrogen-bond donors (Lipinski definition) is 5. The molecule has 0 radical (unpaired) electrons. The lowest BCUT2D eigenvalue weighted by Crippen LogP contribution is -2.48. The first-order chi connectivity index (χ1) is 18.3. The Morgan fingerprint density at radius 3 is 2.00 bits per heavy atom. The number of rotatable bonds is 22. The van der Waals surface area contributed by atoms with Crippen LogP contribution in [-0.4, -0.2) is 83.0 Å². The number of aryl methyl sites for hydroxylation is 1. The molecule has 0 aliphatic carbocycles. The lowest BCUT2D eigenvalue weighted by molar-refractivity contribution is -0.151. The average molecular weight is 543 g/mol. The molecule has 0 amide bonds. The summed E-state index contributed by atoms with van der Waals surface area (Å²) in [7, 11) is 0. The summed E-state index contributed by atoms with van der Waals surface area (Å²) in [6.45, 7) is 2.54. The van der Waals surface area contributed by atoms with Gasteiger partial charge in [-0.05, 0) is 49.8 Å². The molecule has 38 heavy (non-hydrogen) atoms. The molecule has 5 atom stereocenters. The Bertz CT molecular complexity index is 728. The molecule has 0 saturated carbocycles. The van der Waals surface area contributed by atoms with Crippen molar-refractivity contribution < 1.29 is 39.4 Å². The third kappa shape index (κ3) is 11.9. The van der Waals surface area contributed by atoms with Crippen LogP contribution in [0.1, 0.15) is 83.1 Å². The molecule has 0 unspecified atom stereocenters. The zero-order chi connectivity index (χ0) is 27.8. The van der Waals surface area contributed by atoms with Gasteiger partial charge in [0.15, 0.2) is 0 Å². The van der Waals surface area contributed by atoms with Gasteiger partial charge < -0.3 is 35.0 Å². The molecule has 0 aromatic heterocycles. The van der Waals surface area contributed by atoms with Gasteiger partial charge in [0.25, 0.3) is 0 Å². The van der Waals surface area contributed by atoms with Crippen molar-refractivity contribution in [2.45, 2.75) is 108 Å². The van der Waals surface area contributed by atoms with E-state index in [1.54, 1.807) is 0 Å². The van der Waals surface area contributed by atoms with Crippen molar-refractivity contribution in [1.82, 2.24) is 0 Å². The normalized spacial score (nSPS) is 18.9. The SMILES string of the molecule is CC[C@@H](O)[C@@H](O)[C@H](COC[C@H](O)[C@@H](O)CO)CC1(CCCCCCCCCCc2ccc(F)cc2)COC1. The van der Waals surface area contributed by atoms with Gasteiger partial charge in [0.1, 0.15) is 18.0 Å². The van der Waals surface area contributed by atoms with Crippen molar-refractivity contribution in [3.05, 3.63) is 35.6 Å². The maximum Gasteiger partial charge on any atom is 0.123 e. The van der Waals surface area contributed by atoms with E-state index in [1.807, 2.05) is 19.1 Å². The first-order valence-electron chi connectivity index (χ1n) is 14.5. The Labute approximate surface area is 228 Å². The van der Waals surface area contributed by atoms with E-state index in [4.69, 9.17) is 14.6 Å². The molecule has 1 aromatic carbocycles. The zero-order valence-electron chi connectivity index (χ0n) is 23.1. The minimum atomic E-state index is -1.27. The number of benzene rings is 1. The van der Waals surface area contributed by atoms with Crippen LogP contribution in [0.5, 0.6) is 0 Å². The van der Waals surface area contributed by atoms with Crippen molar-refractivity contribution in [3.8, 4) is 0 Å². The summed E-state index contributed by atoms with van der Waals surface area (Å²) in [5.41, 5.74) is 1.16. The minimum absolute atomic E-state index is 0.0357. The van der Waals surface area contributed by atoms with E-state index < -0.39 is 31.0 Å². The Morgan fingerprint density at radius 1 is 0.842 bits per heavy atom. The quantitative estimate of drug-likeness (QED) is 0.142. The van der Waals surface area contributed by atoms with Gasteiger partial charge in [0.05, 0.1) is 45.2 Å². The largest absolute Gasteiger partial charge is 0.394 e. The molecule has 0 bridgehead atoms. The van der Waals surface area contributed by atoms with Crippen molar-refractivity contribution in [2.75, 3.05) is 33.0 Å². The molecule has 8 heteroatoms. The van der Waals surface area contributed by atoms with E-state index >= 15 is 0 Å². The lowest BCUT2D eigenvalue weighted by Gasteiger charge is -2.45. The van der Waals surface area contributed by atoms with Crippen LogP contribution in [0.3, 0.4) is 0 Å². The van der Waals surface area contributed by atoms with Crippen LogP contribution in [-0.2, 0) is 15.9 Å². The Balaban J connectivity index is 1.65. The fourth-order valence-electron chi connectivity index (χ4n) is 5.26. The van der Waals surface area contributed by atoms with Crippen LogP contribution in [0.2, 0.25) is 0 Å². The Hall–Kier alpha value is -1.13. The molecule has 1 saturated heterocycles. The molecule has 1 aromatic rings. The van der Waals surface area contributed by atoms with E-state index in [0.717, 1.165) is 32.1 Å². The van der Waals surface area contributed by atoms with Gasteiger partial charge in [0.2, 0.25) is 0 Å². The maximum atomic E-state index is 13.0. The van der Waals surface area contributed by atoms with Gasteiger partial charge >= 0.3 is 0 Å². The van der Waals surface area contributed by atoms with Gasteiger partial charge in [-0.2, -0.15) is 0 Å². The van der Waals surface area contributed by atoms with E-state index in [9.17, 15) is 24.8 Å². The van der Waals surface area contributed by atoms with Crippen LogP contribution in [0.15, 0.2) is 24.3 Å². The van der Waals surface area contributed by atoms with Gasteiger partial charge in [0, 0.05) is 11.3 Å². The second kappa shape index (κ2) is 18.3. The Kier molecular flexibility index (Phi) is 15.9. The molecule has 1 heterocycles. The summed E-state index contributed by atoms with van der Waals surface area (Å²) in [5.74, 6) is -0.499. The summed E-state index contributed by atoms with van der Waals surface area (Å²) in [4.78, 5) is 0. The number of hydrogen-bond acceptors (Lipinski definition) is 7. The van der Waals surface area contributed by atoms with Gasteiger partial charge in [-0.3, -0.25) is 0 Å². The number of unbranched alkanes of at least 4 members (excludes halogenated alkanes) is 7. The zero-order valence-corrected chi connectivity index (χ0v) is 23.1. The third-order valence-electron chi connectivity index (χ3n) is 7.89. The summed E-state index contributed by atoms with van der Waals surface area (Å²) < 4.78 is 24.1. The van der Waals surface area contributed by atoms with Crippen LogP contribution < -0.4 is 0 Å². The molecular weight excluding hydrogens is 491 g/mol. The van der Waals surface area contributed by atoms with E-state index in [-0.39, 0.29) is 30.4 Å². The molecule has 1 aliphatic rings. The second-order valence-corrected chi connectivity index (χ2v) is 11.2. The smallest absolute Gasteiger partial charge is 0.123 e. The highest BCUT2D eigenvalue weighted by Crippen LogP contribution is 2.41. The third-order valence-corrected chi connectivity index (χ3v) is 7.89. The monoisotopic (exact) mass is 542 g/mol. The Morgan fingerprint density at radius 2 is 1.45 bits per heavy atom. The minimum Gasteiger partial charge on any atom is -0.394 e. The van der Waals surface area contributed by atoms with Crippen molar-refractivity contribution in [2.24, 2.45) is 11.3 Å². The van der Waals surface area contributed by atoms with Crippen molar-refractivity contribution >= 4 is 0 Å². The van der Waals surface area contributed by atoms with Gasteiger partial charge in [-0.1, -0.05) is 64.0 Å². The highest BCUT2D eigenvalue weighted by molar-refractivity contribution is 5.15. The van der Waals surface area contributed by atoms with Gasteiger partial charge in [-0.25, -0.2) is 4.39 Å². The summed E-state index contributed by atoms with van der Waals surface area (Å²) in [5, 5.41) is 49.3. The summed E-state index contributed by atoms with van der Waals surface area (Å²) >= 11 is 0. The molecule has 220 valence electrons. The topological polar surface area (TPSA) is 120 Å². The van der Waals surface area contributed by atoms with Crippen LogP contribution in [0.25, 0.3) is 0 Å². The molecule has 2 rings (SSSR count). The summed E-state index contributed by atoms with van der Waals surface area (Å²) in [6.07, 6.45) is 8.29. The van der Waals surface area contributed by atoms with Crippen LogP contribution >= 0.6 is 0 Å². The molecule has 7 nitrogen and oxygen atoms in total. The summed E-state index contributed by atoms with van der Waals surface area (Å²) in [6, 6.07) is 6.79. The van der Waals surface area contributed by atoms with Crippen LogP contribution in [0.4, 0.5) is 4.39 Å².